The van der Waals surface area contributed by atoms with Crippen molar-refractivity contribution in [3.63, 3.8) is 0 Å². The summed E-state index contributed by atoms with van der Waals surface area (Å²) in [6.07, 6.45) is 3.33. The summed E-state index contributed by atoms with van der Waals surface area (Å²) in [6, 6.07) is 15.5. The Kier molecular flexibility index (Phi) is 4.52. The Morgan fingerprint density at radius 3 is 2.59 bits per heavy atom. The van der Waals surface area contributed by atoms with Crippen LogP contribution in [0, 0.1) is 13.8 Å². The van der Waals surface area contributed by atoms with Crippen LogP contribution in [0.15, 0.2) is 60.9 Å². The van der Waals surface area contributed by atoms with Crippen molar-refractivity contribution in [1.29, 1.82) is 0 Å². The summed E-state index contributed by atoms with van der Waals surface area (Å²) < 4.78 is 1.75. The maximum atomic E-state index is 12.7. The number of amides is 1. The number of carbonyl (C=O) groups excluding carboxylic acids is 1. The van der Waals surface area contributed by atoms with Crippen LogP contribution in [0.1, 0.15) is 21.7 Å². The molecule has 1 aromatic carbocycles. The van der Waals surface area contributed by atoms with Gasteiger partial charge in [0, 0.05) is 6.20 Å². The van der Waals surface area contributed by atoms with Gasteiger partial charge in [0.2, 0.25) is 0 Å². The predicted octanol–water partition coefficient (Wildman–Crippen LogP) is 4.26. The molecule has 0 fully saturated rings. The lowest BCUT2D eigenvalue weighted by molar-refractivity contribution is 0.102. The quantitative estimate of drug-likeness (QED) is 0.578. The van der Waals surface area contributed by atoms with Crippen molar-refractivity contribution in [1.82, 2.24) is 19.7 Å². The molecule has 0 aliphatic rings. The van der Waals surface area contributed by atoms with Crippen molar-refractivity contribution < 1.29 is 4.79 Å². The van der Waals surface area contributed by atoms with E-state index in [4.69, 9.17) is 0 Å². The van der Waals surface area contributed by atoms with Crippen molar-refractivity contribution in [2.45, 2.75) is 13.8 Å². The molecule has 0 aliphatic heterocycles. The lowest BCUT2D eigenvalue weighted by Crippen LogP contribution is -2.13. The van der Waals surface area contributed by atoms with Crippen LogP contribution in [0.4, 0.5) is 5.13 Å². The second-order valence-electron chi connectivity index (χ2n) is 5.99. The molecule has 7 heteroatoms. The largest absolute Gasteiger partial charge is 0.298 e. The molecule has 27 heavy (non-hydrogen) atoms. The number of thiazole rings is 1. The summed E-state index contributed by atoms with van der Waals surface area (Å²) in [4.78, 5) is 22.5. The average Bonchev–Trinajstić information content (AvgIpc) is 3.25. The van der Waals surface area contributed by atoms with E-state index >= 15 is 0 Å². The number of anilines is 1. The normalized spacial score (nSPS) is 10.7. The maximum Gasteiger partial charge on any atom is 0.260 e. The first kappa shape index (κ1) is 17.1. The fourth-order valence-electron chi connectivity index (χ4n) is 2.81. The van der Waals surface area contributed by atoms with E-state index in [-0.39, 0.29) is 5.91 Å². The van der Waals surface area contributed by atoms with Crippen molar-refractivity contribution in [3.05, 3.63) is 77.9 Å². The summed E-state index contributed by atoms with van der Waals surface area (Å²) >= 11 is 1.41. The molecule has 0 radical (unpaired) electrons. The summed E-state index contributed by atoms with van der Waals surface area (Å²) in [7, 11) is 0. The number of benzene rings is 1. The molecule has 0 bridgehead atoms. The second-order valence-corrected chi connectivity index (χ2v) is 6.99. The zero-order valence-corrected chi connectivity index (χ0v) is 15.7. The highest BCUT2D eigenvalue weighted by Crippen LogP contribution is 2.31. The van der Waals surface area contributed by atoms with Gasteiger partial charge in [0.25, 0.3) is 5.91 Å². The highest BCUT2D eigenvalue weighted by Gasteiger charge is 2.18. The molecule has 0 saturated carbocycles. The third-order valence-electron chi connectivity index (χ3n) is 4.17. The van der Waals surface area contributed by atoms with E-state index in [1.54, 1.807) is 17.1 Å². The summed E-state index contributed by atoms with van der Waals surface area (Å²) in [5.74, 6) is -0.226. The van der Waals surface area contributed by atoms with Crippen LogP contribution >= 0.6 is 11.3 Å². The highest BCUT2D eigenvalue weighted by molar-refractivity contribution is 7.19. The molecule has 4 aromatic rings. The third kappa shape index (κ3) is 3.37. The van der Waals surface area contributed by atoms with Gasteiger partial charge in [-0.15, -0.1) is 0 Å². The van der Waals surface area contributed by atoms with Crippen LogP contribution in [0.25, 0.3) is 16.3 Å². The molecule has 1 N–H and O–H groups in total. The van der Waals surface area contributed by atoms with Crippen LogP contribution in [0.2, 0.25) is 0 Å². The Hall–Kier alpha value is -3.32. The van der Waals surface area contributed by atoms with Crippen LogP contribution in [-0.4, -0.2) is 25.7 Å². The van der Waals surface area contributed by atoms with Crippen LogP contribution < -0.4 is 5.32 Å². The number of aromatic nitrogens is 4. The van der Waals surface area contributed by atoms with E-state index in [9.17, 15) is 4.79 Å². The molecular weight excluding hydrogens is 358 g/mol. The monoisotopic (exact) mass is 375 g/mol. The third-order valence-corrected chi connectivity index (χ3v) is 5.27. The minimum Gasteiger partial charge on any atom is -0.298 e. The summed E-state index contributed by atoms with van der Waals surface area (Å²) in [5.41, 5.74) is 3.89. The number of nitrogens with zero attached hydrogens (tertiary/aromatic N) is 4. The van der Waals surface area contributed by atoms with Crippen LogP contribution in [0.3, 0.4) is 0 Å². The number of hydrogen-bond donors (Lipinski definition) is 1. The van der Waals surface area contributed by atoms with Gasteiger partial charge >= 0.3 is 0 Å². The minimum absolute atomic E-state index is 0.226. The predicted molar refractivity (Wildman–Crippen MR) is 106 cm³/mol. The molecule has 3 heterocycles. The lowest BCUT2D eigenvalue weighted by Gasteiger charge is -2.05. The van der Waals surface area contributed by atoms with E-state index in [1.807, 2.05) is 62.4 Å². The highest BCUT2D eigenvalue weighted by atomic mass is 32.1. The molecule has 0 unspecified atom stereocenters. The molecule has 3 aromatic heterocycles. The lowest BCUT2D eigenvalue weighted by atomic mass is 10.2. The van der Waals surface area contributed by atoms with Gasteiger partial charge in [-0.1, -0.05) is 35.6 Å². The summed E-state index contributed by atoms with van der Waals surface area (Å²) in [5, 5.41) is 7.78. The van der Waals surface area contributed by atoms with E-state index in [0.29, 0.717) is 10.7 Å². The van der Waals surface area contributed by atoms with Gasteiger partial charge < -0.3 is 0 Å². The number of aryl methyl sites for hydroxylation is 1. The second kappa shape index (κ2) is 7.13. The molecule has 4 rings (SSSR count). The standard InChI is InChI=1S/C20H17N5OS/c1-13-18(17-10-6-7-11-21-17)27-20(23-13)24-19(26)16-12-22-25(14(16)2)15-8-4-3-5-9-15/h3-12H,1-2H3,(H,23,24,26). The minimum atomic E-state index is -0.226. The van der Waals surface area contributed by atoms with Crippen LogP contribution in [-0.2, 0) is 0 Å². The number of nitrogens with one attached hydrogen (secondary N) is 1. The first-order valence-electron chi connectivity index (χ1n) is 8.43. The number of hydrogen-bond acceptors (Lipinski definition) is 5. The Morgan fingerprint density at radius 1 is 1.07 bits per heavy atom. The van der Waals surface area contributed by atoms with Gasteiger partial charge in [-0.05, 0) is 38.1 Å². The molecule has 1 amide bonds. The Bertz CT molecular complexity index is 1090. The van der Waals surface area contributed by atoms with Crippen molar-refractivity contribution in [2.75, 3.05) is 5.32 Å². The van der Waals surface area contributed by atoms with Gasteiger partial charge in [-0.3, -0.25) is 15.1 Å². The number of pyridine rings is 1. The van der Waals surface area contributed by atoms with Crippen LogP contribution in [0.5, 0.6) is 0 Å². The maximum absolute atomic E-state index is 12.7. The van der Waals surface area contributed by atoms with Crippen molar-refractivity contribution in [2.24, 2.45) is 0 Å². The van der Waals surface area contributed by atoms with Gasteiger partial charge in [0.1, 0.15) is 0 Å². The Balaban J connectivity index is 1.58. The molecule has 0 spiro atoms. The van der Waals surface area contributed by atoms with Gasteiger partial charge in [0.05, 0.1) is 39.4 Å². The zero-order valence-electron chi connectivity index (χ0n) is 14.9. The molecule has 0 atom stereocenters. The summed E-state index contributed by atoms with van der Waals surface area (Å²) in [6.45, 7) is 3.79. The van der Waals surface area contributed by atoms with Crippen molar-refractivity contribution >= 4 is 22.4 Å². The van der Waals surface area contributed by atoms with Crippen molar-refractivity contribution in [3.8, 4) is 16.3 Å². The molecule has 6 nitrogen and oxygen atoms in total. The Labute approximate surface area is 160 Å². The van der Waals surface area contributed by atoms with E-state index in [0.717, 1.165) is 27.6 Å². The number of carbonyl (C=O) groups is 1. The first-order chi connectivity index (χ1) is 13.1. The number of rotatable bonds is 4. The van der Waals surface area contributed by atoms with E-state index in [1.165, 1.54) is 11.3 Å². The topological polar surface area (TPSA) is 72.7 Å². The average molecular weight is 375 g/mol. The van der Waals surface area contributed by atoms with Gasteiger partial charge in [0.15, 0.2) is 5.13 Å². The smallest absolute Gasteiger partial charge is 0.260 e. The zero-order chi connectivity index (χ0) is 18.8. The fourth-order valence-corrected chi connectivity index (χ4v) is 3.75. The Morgan fingerprint density at radius 2 is 1.85 bits per heavy atom. The van der Waals surface area contributed by atoms with Gasteiger partial charge in [-0.2, -0.15) is 5.10 Å². The van der Waals surface area contributed by atoms with E-state index in [2.05, 4.69) is 20.4 Å². The SMILES string of the molecule is Cc1nc(NC(=O)c2cnn(-c3ccccc3)c2C)sc1-c1ccccn1. The number of para-hydroxylation sites is 1. The molecule has 0 saturated heterocycles. The molecular formula is C20H17N5OS. The first-order valence-corrected chi connectivity index (χ1v) is 9.25. The molecule has 0 aliphatic carbocycles. The molecule has 134 valence electrons. The van der Waals surface area contributed by atoms with E-state index < -0.39 is 0 Å². The van der Waals surface area contributed by atoms with Gasteiger partial charge in [-0.25, -0.2) is 9.67 Å². The fraction of sp³-hybridized carbons (Fsp3) is 0.100.